The number of ether oxygens (including phenoxy) is 1. The van der Waals surface area contributed by atoms with Gasteiger partial charge in [0.1, 0.15) is 5.75 Å². The number of methoxy groups -OCH3 is 1. The van der Waals surface area contributed by atoms with Gasteiger partial charge in [0, 0.05) is 18.6 Å². The summed E-state index contributed by atoms with van der Waals surface area (Å²) in [7, 11) is 3.68. The molecular formula is C14H24N2O. The smallest absolute Gasteiger partial charge is 0.121 e. The number of likely N-dealkylation sites (N-methyl/N-ethyl adjacent to an activating group) is 1. The highest BCUT2D eigenvalue weighted by molar-refractivity contribution is 5.36. The number of benzene rings is 1. The van der Waals surface area contributed by atoms with Crippen molar-refractivity contribution in [2.45, 2.75) is 32.9 Å². The van der Waals surface area contributed by atoms with Crippen molar-refractivity contribution >= 4 is 0 Å². The molecule has 0 bridgehead atoms. The topological polar surface area (TPSA) is 33.3 Å². The minimum Gasteiger partial charge on any atom is -0.496 e. The lowest BCUT2D eigenvalue weighted by molar-refractivity contribution is 0.373. The second-order valence-corrected chi connectivity index (χ2v) is 5.07. The number of hydrogen-bond donors (Lipinski definition) is 2. The van der Waals surface area contributed by atoms with E-state index in [1.165, 1.54) is 11.1 Å². The average Bonchev–Trinajstić information content (AvgIpc) is 2.27. The van der Waals surface area contributed by atoms with Crippen molar-refractivity contribution in [3.05, 3.63) is 29.3 Å². The molecule has 0 aliphatic carbocycles. The third kappa shape index (κ3) is 4.36. The lowest BCUT2D eigenvalue weighted by Crippen LogP contribution is -2.46. The molecule has 0 fully saturated rings. The van der Waals surface area contributed by atoms with E-state index in [0.29, 0.717) is 0 Å². The predicted molar refractivity (Wildman–Crippen MR) is 72.6 cm³/mol. The van der Waals surface area contributed by atoms with Gasteiger partial charge < -0.3 is 15.4 Å². The summed E-state index contributed by atoms with van der Waals surface area (Å²) in [5.74, 6) is 0.947. The molecule has 3 heteroatoms. The summed E-state index contributed by atoms with van der Waals surface area (Å²) in [6.07, 6.45) is 0. The number of hydrogen-bond acceptors (Lipinski definition) is 3. The highest BCUT2D eigenvalue weighted by atomic mass is 16.5. The van der Waals surface area contributed by atoms with Gasteiger partial charge in [0.25, 0.3) is 0 Å². The maximum Gasteiger partial charge on any atom is 0.121 e. The van der Waals surface area contributed by atoms with Gasteiger partial charge in [-0.05, 0) is 45.0 Å². The lowest BCUT2D eigenvalue weighted by atomic mass is 10.0. The molecule has 0 amide bonds. The molecular weight excluding hydrogens is 212 g/mol. The van der Waals surface area contributed by atoms with Gasteiger partial charge in [0.2, 0.25) is 0 Å². The minimum atomic E-state index is 0.0998. The number of nitrogens with one attached hydrogen (secondary N) is 2. The zero-order chi connectivity index (χ0) is 12.9. The predicted octanol–water partition coefficient (Wildman–Crippen LogP) is 2.09. The molecule has 0 aromatic heterocycles. The molecule has 1 aromatic rings. The molecule has 0 heterocycles. The first-order valence-corrected chi connectivity index (χ1v) is 6.01. The Morgan fingerprint density at radius 1 is 1.29 bits per heavy atom. The molecule has 1 rings (SSSR count). The molecule has 0 aliphatic heterocycles. The van der Waals surface area contributed by atoms with E-state index in [1.807, 2.05) is 13.1 Å². The van der Waals surface area contributed by atoms with E-state index in [0.717, 1.165) is 18.8 Å². The van der Waals surface area contributed by atoms with Gasteiger partial charge in [-0.2, -0.15) is 0 Å². The molecule has 0 spiro atoms. The Bertz CT molecular complexity index is 361. The molecule has 3 nitrogen and oxygen atoms in total. The normalized spacial score (nSPS) is 11.6. The van der Waals surface area contributed by atoms with Crippen LogP contribution in [0.5, 0.6) is 5.75 Å². The second kappa shape index (κ2) is 6.03. The monoisotopic (exact) mass is 236 g/mol. The summed E-state index contributed by atoms with van der Waals surface area (Å²) >= 11 is 0. The van der Waals surface area contributed by atoms with E-state index in [9.17, 15) is 0 Å². The average molecular weight is 236 g/mol. The van der Waals surface area contributed by atoms with Crippen molar-refractivity contribution in [3.8, 4) is 5.75 Å². The quantitative estimate of drug-likeness (QED) is 0.793. The van der Waals surface area contributed by atoms with Gasteiger partial charge in [-0.3, -0.25) is 0 Å². The molecule has 0 aliphatic rings. The van der Waals surface area contributed by atoms with Crippen LogP contribution in [0, 0.1) is 6.92 Å². The Morgan fingerprint density at radius 3 is 2.53 bits per heavy atom. The van der Waals surface area contributed by atoms with E-state index in [-0.39, 0.29) is 5.54 Å². The summed E-state index contributed by atoms with van der Waals surface area (Å²) in [6, 6.07) is 6.30. The fraction of sp³-hybridized carbons (Fsp3) is 0.571. The Balaban J connectivity index is 2.61. The molecule has 17 heavy (non-hydrogen) atoms. The first-order chi connectivity index (χ1) is 7.98. The third-order valence-electron chi connectivity index (χ3n) is 2.85. The van der Waals surface area contributed by atoms with Crippen LogP contribution in [0.2, 0.25) is 0 Å². The number of rotatable bonds is 6. The first kappa shape index (κ1) is 14.0. The molecule has 0 atom stereocenters. The van der Waals surface area contributed by atoms with Gasteiger partial charge in [-0.25, -0.2) is 0 Å². The largest absolute Gasteiger partial charge is 0.496 e. The van der Waals surface area contributed by atoms with Gasteiger partial charge in [0.05, 0.1) is 7.11 Å². The fourth-order valence-corrected chi connectivity index (χ4v) is 1.90. The highest BCUT2D eigenvalue weighted by Gasteiger charge is 2.15. The first-order valence-electron chi connectivity index (χ1n) is 6.01. The van der Waals surface area contributed by atoms with Crippen molar-refractivity contribution in [2.75, 3.05) is 20.7 Å². The van der Waals surface area contributed by atoms with Crippen molar-refractivity contribution in [3.63, 3.8) is 0 Å². The van der Waals surface area contributed by atoms with E-state index in [1.54, 1.807) is 7.11 Å². The summed E-state index contributed by atoms with van der Waals surface area (Å²) in [6.45, 7) is 8.28. The minimum absolute atomic E-state index is 0.0998. The van der Waals surface area contributed by atoms with Gasteiger partial charge in [0.15, 0.2) is 0 Å². The van der Waals surface area contributed by atoms with Crippen LogP contribution in [0.3, 0.4) is 0 Å². The van der Waals surface area contributed by atoms with Crippen LogP contribution >= 0.6 is 0 Å². The Hall–Kier alpha value is -1.06. The van der Waals surface area contributed by atoms with Crippen LogP contribution in [0.15, 0.2) is 18.2 Å². The molecule has 0 unspecified atom stereocenters. The van der Waals surface area contributed by atoms with Crippen LogP contribution in [0.1, 0.15) is 25.0 Å². The zero-order valence-corrected chi connectivity index (χ0v) is 11.6. The van der Waals surface area contributed by atoms with Crippen LogP contribution in [-0.2, 0) is 6.54 Å². The summed E-state index contributed by atoms with van der Waals surface area (Å²) in [4.78, 5) is 0. The Kier molecular flexibility index (Phi) is 4.97. The van der Waals surface area contributed by atoms with Crippen LogP contribution in [0.25, 0.3) is 0 Å². The van der Waals surface area contributed by atoms with Crippen LogP contribution < -0.4 is 15.4 Å². The highest BCUT2D eigenvalue weighted by Crippen LogP contribution is 2.18. The molecule has 1 aromatic carbocycles. The Labute approximate surface area is 105 Å². The molecule has 2 N–H and O–H groups in total. The van der Waals surface area contributed by atoms with Gasteiger partial charge >= 0.3 is 0 Å². The summed E-state index contributed by atoms with van der Waals surface area (Å²) in [5, 5.41) is 6.73. The summed E-state index contributed by atoms with van der Waals surface area (Å²) in [5.41, 5.74) is 2.56. The van der Waals surface area contributed by atoms with Crippen molar-refractivity contribution < 1.29 is 4.74 Å². The Morgan fingerprint density at radius 2 is 2.00 bits per heavy atom. The third-order valence-corrected chi connectivity index (χ3v) is 2.85. The van der Waals surface area contributed by atoms with Crippen molar-refractivity contribution in [2.24, 2.45) is 0 Å². The standard InChI is InChI=1S/C14H24N2O/c1-11-8-12(6-7-13(11)17-5)9-16-14(2,3)10-15-4/h6-8,15-16H,9-10H2,1-5H3. The lowest BCUT2D eigenvalue weighted by Gasteiger charge is -2.26. The second-order valence-electron chi connectivity index (χ2n) is 5.07. The number of aryl methyl sites for hydroxylation is 1. The maximum absolute atomic E-state index is 5.25. The molecule has 0 saturated heterocycles. The van der Waals surface area contributed by atoms with Crippen molar-refractivity contribution in [1.29, 1.82) is 0 Å². The fourth-order valence-electron chi connectivity index (χ4n) is 1.90. The van der Waals surface area contributed by atoms with Gasteiger partial charge in [-0.15, -0.1) is 0 Å². The van der Waals surface area contributed by atoms with Crippen molar-refractivity contribution in [1.82, 2.24) is 10.6 Å². The van der Waals surface area contributed by atoms with Crippen LogP contribution in [0.4, 0.5) is 0 Å². The molecule has 96 valence electrons. The zero-order valence-electron chi connectivity index (χ0n) is 11.6. The maximum atomic E-state index is 5.25. The SMILES string of the molecule is CNCC(C)(C)NCc1ccc(OC)c(C)c1. The van der Waals surface area contributed by atoms with Crippen LogP contribution in [-0.4, -0.2) is 26.2 Å². The van der Waals surface area contributed by atoms with Gasteiger partial charge in [-0.1, -0.05) is 12.1 Å². The molecule has 0 saturated carbocycles. The summed E-state index contributed by atoms with van der Waals surface area (Å²) < 4.78 is 5.25. The molecule has 0 radical (unpaired) electrons. The van der Waals surface area contributed by atoms with E-state index >= 15 is 0 Å². The van der Waals surface area contributed by atoms with E-state index < -0.39 is 0 Å². The van der Waals surface area contributed by atoms with E-state index in [4.69, 9.17) is 4.74 Å². The van der Waals surface area contributed by atoms with E-state index in [2.05, 4.69) is 43.5 Å².